The molecule has 2 saturated heterocycles. The lowest BCUT2D eigenvalue weighted by Gasteiger charge is -2.37. The Labute approximate surface area is 147 Å². The largest absolute Gasteiger partial charge is 0.381 e. The van der Waals surface area contributed by atoms with Crippen LogP contribution in [0.1, 0.15) is 6.42 Å². The van der Waals surface area contributed by atoms with E-state index in [-0.39, 0.29) is 12.1 Å². The van der Waals surface area contributed by atoms with Crippen LogP contribution in [0.3, 0.4) is 0 Å². The molecular weight excluding hydrogens is 330 g/mol. The number of halogens is 1. The van der Waals surface area contributed by atoms with E-state index in [9.17, 15) is 4.79 Å². The summed E-state index contributed by atoms with van der Waals surface area (Å²) in [7, 11) is 0. The predicted molar refractivity (Wildman–Crippen MR) is 93.6 cm³/mol. The van der Waals surface area contributed by atoms with Crippen molar-refractivity contribution in [1.29, 1.82) is 0 Å². The second-order valence-corrected chi connectivity index (χ2v) is 6.56. The smallest absolute Gasteiger partial charge is 0.319 e. The van der Waals surface area contributed by atoms with E-state index in [1.165, 1.54) is 0 Å². The van der Waals surface area contributed by atoms with Crippen LogP contribution in [-0.4, -0.2) is 63.0 Å². The van der Waals surface area contributed by atoms with Gasteiger partial charge in [0.2, 0.25) is 0 Å². The highest BCUT2D eigenvalue weighted by atomic mass is 35.5. The van der Waals surface area contributed by atoms with E-state index in [4.69, 9.17) is 21.1 Å². The number of rotatable bonds is 5. The molecule has 0 radical (unpaired) electrons. The summed E-state index contributed by atoms with van der Waals surface area (Å²) in [6.45, 7) is 5.44. The summed E-state index contributed by atoms with van der Waals surface area (Å²) < 4.78 is 11.0. The summed E-state index contributed by atoms with van der Waals surface area (Å²) in [5, 5.41) is 6.32. The van der Waals surface area contributed by atoms with E-state index >= 15 is 0 Å². The van der Waals surface area contributed by atoms with Gasteiger partial charge in [0.1, 0.15) is 0 Å². The first-order valence-corrected chi connectivity index (χ1v) is 8.81. The number of carbonyl (C=O) groups excluding carboxylic acids is 1. The zero-order valence-corrected chi connectivity index (χ0v) is 14.4. The summed E-state index contributed by atoms with van der Waals surface area (Å²) in [6.07, 6.45) is 1.04. The van der Waals surface area contributed by atoms with Crippen LogP contribution >= 0.6 is 11.6 Å². The van der Waals surface area contributed by atoms with Gasteiger partial charge >= 0.3 is 6.03 Å². The lowest BCUT2D eigenvalue weighted by molar-refractivity contribution is 0.00222. The first kappa shape index (κ1) is 17.5. The summed E-state index contributed by atoms with van der Waals surface area (Å²) in [5.41, 5.74) is 0.615. The zero-order valence-electron chi connectivity index (χ0n) is 13.7. The summed E-state index contributed by atoms with van der Waals surface area (Å²) in [5.74, 6) is 0.448. The first-order chi connectivity index (χ1) is 11.7. The lowest BCUT2D eigenvalue weighted by Crippen LogP contribution is -2.52. The molecule has 0 spiro atoms. The van der Waals surface area contributed by atoms with Crippen molar-refractivity contribution in [2.75, 3.05) is 51.4 Å². The molecule has 0 aromatic heterocycles. The molecule has 2 fully saturated rings. The molecule has 2 N–H and O–H groups in total. The number of hydrogen-bond acceptors (Lipinski definition) is 4. The number of para-hydroxylation sites is 1. The van der Waals surface area contributed by atoms with Crippen LogP contribution in [-0.2, 0) is 9.47 Å². The third-order valence-electron chi connectivity index (χ3n) is 4.62. The molecule has 0 aliphatic carbocycles. The Morgan fingerprint density at radius 2 is 2.04 bits per heavy atom. The first-order valence-electron chi connectivity index (χ1n) is 8.43. The number of anilines is 1. The van der Waals surface area contributed by atoms with Crippen molar-refractivity contribution in [3.05, 3.63) is 29.3 Å². The maximum absolute atomic E-state index is 12.2. The van der Waals surface area contributed by atoms with Gasteiger partial charge in [-0.25, -0.2) is 4.79 Å². The minimum Gasteiger partial charge on any atom is -0.381 e. The molecule has 1 aromatic rings. The SMILES string of the molecule is O=C(NCC(C1CCOC1)N1CCOCC1)Nc1ccccc1Cl. The van der Waals surface area contributed by atoms with Crippen LogP contribution in [0.15, 0.2) is 24.3 Å². The molecule has 2 amide bonds. The maximum atomic E-state index is 12.2. The predicted octanol–water partition coefficient (Wildman–Crippen LogP) is 2.20. The van der Waals surface area contributed by atoms with E-state index in [0.29, 0.717) is 23.2 Å². The van der Waals surface area contributed by atoms with Crippen molar-refractivity contribution in [1.82, 2.24) is 10.2 Å². The second kappa shape index (κ2) is 8.67. The molecule has 2 aliphatic rings. The standard InChI is InChI=1S/C17H24ClN3O3/c18-14-3-1-2-4-15(14)20-17(22)19-11-16(13-5-8-24-12-13)21-6-9-23-10-7-21/h1-4,13,16H,5-12H2,(H2,19,20,22). The number of ether oxygens (including phenoxy) is 2. The van der Waals surface area contributed by atoms with Gasteiger partial charge in [-0.3, -0.25) is 4.90 Å². The van der Waals surface area contributed by atoms with Crippen LogP contribution < -0.4 is 10.6 Å². The van der Waals surface area contributed by atoms with E-state index in [1.807, 2.05) is 12.1 Å². The Morgan fingerprint density at radius 3 is 2.75 bits per heavy atom. The Balaban J connectivity index is 1.56. The fourth-order valence-electron chi connectivity index (χ4n) is 3.29. The van der Waals surface area contributed by atoms with Crippen LogP contribution in [0.4, 0.5) is 10.5 Å². The molecule has 3 rings (SSSR count). The molecule has 2 unspecified atom stereocenters. The molecular formula is C17H24ClN3O3. The quantitative estimate of drug-likeness (QED) is 0.852. The van der Waals surface area contributed by atoms with Crippen LogP contribution in [0, 0.1) is 5.92 Å². The molecule has 6 nitrogen and oxygen atoms in total. The van der Waals surface area contributed by atoms with Crippen molar-refractivity contribution < 1.29 is 14.3 Å². The summed E-state index contributed by atoms with van der Waals surface area (Å²) in [6, 6.07) is 7.25. The number of morpholine rings is 1. The van der Waals surface area contributed by atoms with Crippen molar-refractivity contribution in [3.63, 3.8) is 0 Å². The van der Waals surface area contributed by atoms with E-state index in [1.54, 1.807) is 12.1 Å². The minimum atomic E-state index is -0.236. The number of amides is 2. The Morgan fingerprint density at radius 1 is 1.25 bits per heavy atom. The van der Waals surface area contributed by atoms with Gasteiger partial charge < -0.3 is 20.1 Å². The highest BCUT2D eigenvalue weighted by Gasteiger charge is 2.31. The number of hydrogen-bond donors (Lipinski definition) is 2. The van der Waals surface area contributed by atoms with E-state index < -0.39 is 0 Å². The number of nitrogens with one attached hydrogen (secondary N) is 2. The van der Waals surface area contributed by atoms with Gasteiger partial charge in [-0.2, -0.15) is 0 Å². The fourth-order valence-corrected chi connectivity index (χ4v) is 3.47. The van der Waals surface area contributed by atoms with Gasteiger partial charge in [-0.05, 0) is 18.6 Å². The maximum Gasteiger partial charge on any atom is 0.319 e. The number of nitrogens with zero attached hydrogens (tertiary/aromatic N) is 1. The minimum absolute atomic E-state index is 0.236. The highest BCUT2D eigenvalue weighted by molar-refractivity contribution is 6.33. The number of urea groups is 1. The van der Waals surface area contributed by atoms with Crippen LogP contribution in [0.25, 0.3) is 0 Å². The lowest BCUT2D eigenvalue weighted by atomic mass is 9.97. The van der Waals surface area contributed by atoms with Crippen LogP contribution in [0.2, 0.25) is 5.02 Å². The molecule has 0 saturated carbocycles. The Kier molecular flexibility index (Phi) is 6.31. The molecule has 7 heteroatoms. The summed E-state index contributed by atoms with van der Waals surface area (Å²) in [4.78, 5) is 14.6. The van der Waals surface area contributed by atoms with Gasteiger partial charge in [0.05, 0.1) is 30.5 Å². The normalized spacial score (nSPS) is 23.0. The molecule has 2 atom stereocenters. The van der Waals surface area contributed by atoms with Gasteiger partial charge in [0.15, 0.2) is 0 Å². The molecule has 0 bridgehead atoms. The van der Waals surface area contributed by atoms with Gasteiger partial charge in [-0.1, -0.05) is 23.7 Å². The molecule has 1 aromatic carbocycles. The zero-order chi connectivity index (χ0) is 16.8. The van der Waals surface area contributed by atoms with Crippen molar-refractivity contribution in [2.24, 2.45) is 5.92 Å². The van der Waals surface area contributed by atoms with Gasteiger partial charge in [-0.15, -0.1) is 0 Å². The second-order valence-electron chi connectivity index (χ2n) is 6.15. The molecule has 2 heterocycles. The third kappa shape index (κ3) is 4.60. The Bertz CT molecular complexity index is 546. The topological polar surface area (TPSA) is 62.8 Å². The number of carbonyl (C=O) groups is 1. The average Bonchev–Trinajstić information content (AvgIpc) is 3.12. The molecule has 132 valence electrons. The Hall–Kier alpha value is -1.34. The van der Waals surface area contributed by atoms with Gasteiger partial charge in [0.25, 0.3) is 0 Å². The third-order valence-corrected chi connectivity index (χ3v) is 4.95. The van der Waals surface area contributed by atoms with Gasteiger partial charge in [0, 0.05) is 38.2 Å². The highest BCUT2D eigenvalue weighted by Crippen LogP contribution is 2.22. The van der Waals surface area contributed by atoms with E-state index in [2.05, 4.69) is 15.5 Å². The van der Waals surface area contributed by atoms with E-state index in [0.717, 1.165) is 45.9 Å². The van der Waals surface area contributed by atoms with Crippen LogP contribution in [0.5, 0.6) is 0 Å². The van der Waals surface area contributed by atoms with Crippen molar-refractivity contribution in [3.8, 4) is 0 Å². The summed E-state index contributed by atoms with van der Waals surface area (Å²) >= 11 is 6.08. The molecule has 24 heavy (non-hydrogen) atoms. The van der Waals surface area contributed by atoms with Crippen molar-refractivity contribution >= 4 is 23.3 Å². The average molecular weight is 354 g/mol. The molecule has 2 aliphatic heterocycles. The fraction of sp³-hybridized carbons (Fsp3) is 0.588. The number of benzene rings is 1. The monoisotopic (exact) mass is 353 g/mol. The van der Waals surface area contributed by atoms with Crippen molar-refractivity contribution in [2.45, 2.75) is 12.5 Å².